The van der Waals surface area contributed by atoms with Crippen LogP contribution in [0.2, 0.25) is 0 Å². The van der Waals surface area contributed by atoms with E-state index >= 15 is 0 Å². The molecule has 6 heteroatoms. The minimum Gasteiger partial charge on any atom is -0.306 e. The highest BCUT2D eigenvalue weighted by molar-refractivity contribution is 6.07. The summed E-state index contributed by atoms with van der Waals surface area (Å²) in [4.78, 5) is 23.4. The molecule has 2 aromatic heterocycles. The van der Waals surface area contributed by atoms with E-state index in [9.17, 15) is 4.79 Å². The second-order valence-electron chi connectivity index (χ2n) is 6.13. The fraction of sp³-hybridized carbons (Fsp3) is 0.263. The Labute approximate surface area is 146 Å². The molecule has 0 bridgehead atoms. The monoisotopic (exact) mass is 333 g/mol. The molecule has 0 spiro atoms. The third kappa shape index (κ3) is 2.80. The minimum absolute atomic E-state index is 0.0539. The number of aromatic nitrogens is 4. The SMILES string of the molecule is CCc1ncncc1C(=O)N1C[C@@H](n2cccn2)Cc2ccccc21. The largest absolute Gasteiger partial charge is 0.306 e. The summed E-state index contributed by atoms with van der Waals surface area (Å²) in [7, 11) is 0. The summed E-state index contributed by atoms with van der Waals surface area (Å²) in [6.07, 6.45) is 8.38. The molecule has 1 aromatic carbocycles. The number of hydrogen-bond acceptors (Lipinski definition) is 4. The Morgan fingerprint density at radius 3 is 2.96 bits per heavy atom. The zero-order chi connectivity index (χ0) is 17.2. The maximum Gasteiger partial charge on any atom is 0.261 e. The predicted octanol–water partition coefficient (Wildman–Crippen LogP) is 2.68. The van der Waals surface area contributed by atoms with E-state index in [1.54, 1.807) is 12.4 Å². The van der Waals surface area contributed by atoms with E-state index in [1.165, 1.54) is 6.33 Å². The van der Waals surface area contributed by atoms with Crippen LogP contribution in [0.25, 0.3) is 0 Å². The van der Waals surface area contributed by atoms with Gasteiger partial charge in [-0.3, -0.25) is 9.48 Å². The highest BCUT2D eigenvalue weighted by atomic mass is 16.2. The average molecular weight is 333 g/mol. The van der Waals surface area contributed by atoms with Crippen LogP contribution in [0.15, 0.2) is 55.2 Å². The van der Waals surface area contributed by atoms with Gasteiger partial charge in [-0.05, 0) is 30.5 Å². The Hall–Kier alpha value is -3.02. The third-order valence-electron chi connectivity index (χ3n) is 4.64. The van der Waals surface area contributed by atoms with Crippen molar-refractivity contribution in [3.63, 3.8) is 0 Å². The molecule has 3 aromatic rings. The first-order chi connectivity index (χ1) is 12.3. The lowest BCUT2D eigenvalue weighted by molar-refractivity contribution is 0.0978. The molecule has 1 atom stereocenters. The van der Waals surface area contributed by atoms with Gasteiger partial charge in [-0.15, -0.1) is 0 Å². The Balaban J connectivity index is 1.75. The molecule has 6 nitrogen and oxygen atoms in total. The molecule has 1 aliphatic rings. The zero-order valence-corrected chi connectivity index (χ0v) is 14.0. The van der Waals surface area contributed by atoms with Crippen LogP contribution >= 0.6 is 0 Å². The van der Waals surface area contributed by atoms with Crippen molar-refractivity contribution < 1.29 is 4.79 Å². The van der Waals surface area contributed by atoms with Gasteiger partial charge in [-0.1, -0.05) is 25.1 Å². The summed E-state index contributed by atoms with van der Waals surface area (Å²) >= 11 is 0. The van der Waals surface area contributed by atoms with Crippen molar-refractivity contribution in [3.05, 3.63) is 72.1 Å². The first-order valence-electron chi connectivity index (χ1n) is 8.45. The van der Waals surface area contributed by atoms with Crippen molar-refractivity contribution >= 4 is 11.6 Å². The van der Waals surface area contributed by atoms with Crippen LogP contribution in [0.1, 0.15) is 34.6 Å². The van der Waals surface area contributed by atoms with Gasteiger partial charge in [0.15, 0.2) is 0 Å². The number of aryl methyl sites for hydroxylation is 1. The van der Waals surface area contributed by atoms with Gasteiger partial charge < -0.3 is 4.90 Å². The molecule has 0 aliphatic carbocycles. The molecule has 1 aliphatic heterocycles. The van der Waals surface area contributed by atoms with Crippen LogP contribution in [-0.2, 0) is 12.8 Å². The lowest BCUT2D eigenvalue weighted by Gasteiger charge is -2.35. The number of carbonyl (C=O) groups is 1. The summed E-state index contributed by atoms with van der Waals surface area (Å²) in [5.41, 5.74) is 3.46. The summed E-state index contributed by atoms with van der Waals surface area (Å²) in [6.45, 7) is 2.57. The topological polar surface area (TPSA) is 63.9 Å². The lowest BCUT2D eigenvalue weighted by Crippen LogP contribution is -2.41. The van der Waals surface area contributed by atoms with Gasteiger partial charge in [-0.2, -0.15) is 5.10 Å². The van der Waals surface area contributed by atoms with Crippen LogP contribution in [-0.4, -0.2) is 32.2 Å². The van der Waals surface area contributed by atoms with Crippen LogP contribution < -0.4 is 4.90 Å². The lowest BCUT2D eigenvalue weighted by atomic mass is 9.97. The van der Waals surface area contributed by atoms with Crippen molar-refractivity contribution in [2.24, 2.45) is 0 Å². The molecular formula is C19H19N5O. The van der Waals surface area contributed by atoms with E-state index in [0.29, 0.717) is 18.5 Å². The summed E-state index contributed by atoms with van der Waals surface area (Å²) in [5.74, 6) is -0.0539. The number of para-hydroxylation sites is 1. The Morgan fingerprint density at radius 2 is 2.16 bits per heavy atom. The fourth-order valence-corrected chi connectivity index (χ4v) is 3.40. The number of benzene rings is 1. The van der Waals surface area contributed by atoms with Crippen LogP contribution in [0.5, 0.6) is 0 Å². The highest BCUT2D eigenvalue weighted by Crippen LogP contribution is 2.32. The van der Waals surface area contributed by atoms with Crippen molar-refractivity contribution in [1.29, 1.82) is 0 Å². The third-order valence-corrected chi connectivity index (χ3v) is 4.64. The van der Waals surface area contributed by atoms with Gasteiger partial charge in [0, 0.05) is 30.8 Å². The Bertz CT molecular complexity index is 890. The van der Waals surface area contributed by atoms with E-state index in [4.69, 9.17) is 0 Å². The second-order valence-corrected chi connectivity index (χ2v) is 6.13. The van der Waals surface area contributed by atoms with Gasteiger partial charge in [0.05, 0.1) is 17.3 Å². The Morgan fingerprint density at radius 1 is 1.28 bits per heavy atom. The summed E-state index contributed by atoms with van der Waals surface area (Å²) in [6, 6.07) is 10.1. The zero-order valence-electron chi connectivity index (χ0n) is 14.0. The normalized spacial score (nSPS) is 16.5. The Kier molecular flexibility index (Phi) is 4.01. The van der Waals surface area contributed by atoms with Gasteiger partial charge in [0.2, 0.25) is 0 Å². The van der Waals surface area contributed by atoms with Crippen LogP contribution in [0.4, 0.5) is 5.69 Å². The number of rotatable bonds is 3. The molecule has 0 fully saturated rings. The number of nitrogens with zero attached hydrogens (tertiary/aromatic N) is 5. The maximum absolute atomic E-state index is 13.3. The highest BCUT2D eigenvalue weighted by Gasteiger charge is 2.31. The second kappa shape index (κ2) is 6.47. The van der Waals surface area contributed by atoms with E-state index in [-0.39, 0.29) is 11.9 Å². The van der Waals surface area contributed by atoms with Gasteiger partial charge in [0.25, 0.3) is 5.91 Å². The van der Waals surface area contributed by atoms with Gasteiger partial charge >= 0.3 is 0 Å². The molecule has 3 heterocycles. The van der Waals surface area contributed by atoms with Gasteiger partial charge in [-0.25, -0.2) is 9.97 Å². The fourth-order valence-electron chi connectivity index (χ4n) is 3.40. The molecule has 4 rings (SSSR count). The molecule has 25 heavy (non-hydrogen) atoms. The summed E-state index contributed by atoms with van der Waals surface area (Å²) in [5, 5.41) is 4.37. The average Bonchev–Trinajstić information content (AvgIpc) is 3.21. The van der Waals surface area contributed by atoms with E-state index in [1.807, 2.05) is 47.0 Å². The smallest absolute Gasteiger partial charge is 0.261 e. The standard InChI is InChI=1S/C19H19N5O/c1-2-17-16(11-20-13-21-17)19(25)23-12-15(24-9-5-8-22-24)10-14-6-3-4-7-18(14)23/h3-9,11,13,15H,2,10,12H2,1H3/t15-/m0/s1. The number of amides is 1. The van der Waals surface area contributed by atoms with E-state index < -0.39 is 0 Å². The molecule has 0 saturated heterocycles. The number of carbonyl (C=O) groups excluding carboxylic acids is 1. The van der Waals surface area contributed by atoms with Crippen molar-refractivity contribution in [1.82, 2.24) is 19.7 Å². The van der Waals surface area contributed by atoms with Crippen molar-refractivity contribution in [2.45, 2.75) is 25.8 Å². The molecule has 0 saturated carbocycles. The van der Waals surface area contributed by atoms with E-state index in [2.05, 4.69) is 21.1 Å². The molecule has 0 N–H and O–H groups in total. The summed E-state index contributed by atoms with van der Waals surface area (Å²) < 4.78 is 1.93. The van der Waals surface area contributed by atoms with Crippen molar-refractivity contribution in [3.8, 4) is 0 Å². The number of hydrogen-bond donors (Lipinski definition) is 0. The molecule has 1 amide bonds. The molecule has 0 unspecified atom stereocenters. The molecule has 0 radical (unpaired) electrons. The maximum atomic E-state index is 13.3. The van der Waals surface area contributed by atoms with Gasteiger partial charge in [0.1, 0.15) is 6.33 Å². The number of fused-ring (bicyclic) bond motifs is 1. The first kappa shape index (κ1) is 15.5. The molecule has 126 valence electrons. The minimum atomic E-state index is -0.0539. The quantitative estimate of drug-likeness (QED) is 0.739. The van der Waals surface area contributed by atoms with Crippen LogP contribution in [0, 0.1) is 0 Å². The predicted molar refractivity (Wildman–Crippen MR) is 94.5 cm³/mol. The van der Waals surface area contributed by atoms with Crippen molar-refractivity contribution in [2.75, 3.05) is 11.4 Å². The first-order valence-corrected chi connectivity index (χ1v) is 8.45. The van der Waals surface area contributed by atoms with E-state index in [0.717, 1.165) is 23.4 Å². The van der Waals surface area contributed by atoms with Crippen LogP contribution in [0.3, 0.4) is 0 Å². The number of anilines is 1. The molecular weight excluding hydrogens is 314 g/mol.